The van der Waals surface area contributed by atoms with E-state index in [2.05, 4.69) is 5.32 Å². The summed E-state index contributed by atoms with van der Waals surface area (Å²) in [6.45, 7) is 0.839. The molecule has 7 heteroatoms. The van der Waals surface area contributed by atoms with Crippen molar-refractivity contribution >= 4 is 11.6 Å². The molecule has 3 rings (SSSR count). The summed E-state index contributed by atoms with van der Waals surface area (Å²) >= 11 is 0. The summed E-state index contributed by atoms with van der Waals surface area (Å²) in [7, 11) is 0. The van der Waals surface area contributed by atoms with Crippen LogP contribution in [-0.4, -0.2) is 43.7 Å². The zero-order valence-electron chi connectivity index (χ0n) is 10.6. The van der Waals surface area contributed by atoms with Gasteiger partial charge in [-0.3, -0.25) is 9.69 Å². The van der Waals surface area contributed by atoms with Gasteiger partial charge >= 0.3 is 0 Å². The molecule has 2 aliphatic rings. The van der Waals surface area contributed by atoms with Crippen LogP contribution in [-0.2, 0) is 4.79 Å². The number of ether oxygens (including phenoxy) is 2. The predicted molar refractivity (Wildman–Crippen MR) is 67.1 cm³/mol. The number of hydrogen-bond donors (Lipinski definition) is 1. The minimum Gasteiger partial charge on any atom is -0.454 e. The largest absolute Gasteiger partial charge is 0.454 e. The highest BCUT2D eigenvalue weighted by Crippen LogP contribution is 2.34. The highest BCUT2D eigenvalue weighted by molar-refractivity contribution is 5.92. The topological polar surface area (TPSA) is 50.8 Å². The maximum atomic E-state index is 12.3. The van der Waals surface area contributed by atoms with Gasteiger partial charge in [-0.25, -0.2) is 8.78 Å². The van der Waals surface area contributed by atoms with Gasteiger partial charge in [0.25, 0.3) is 0 Å². The first-order valence-corrected chi connectivity index (χ1v) is 6.32. The van der Waals surface area contributed by atoms with Crippen molar-refractivity contribution in [2.45, 2.75) is 6.43 Å². The number of nitrogens with zero attached hydrogens (tertiary/aromatic N) is 1. The van der Waals surface area contributed by atoms with Crippen molar-refractivity contribution in [1.82, 2.24) is 4.90 Å². The van der Waals surface area contributed by atoms with Gasteiger partial charge in [-0.15, -0.1) is 0 Å². The molecule has 1 aromatic carbocycles. The number of fused-ring (bicyclic) bond motifs is 1. The van der Waals surface area contributed by atoms with Crippen LogP contribution < -0.4 is 14.8 Å². The molecule has 0 aliphatic carbocycles. The molecule has 1 aromatic rings. The van der Waals surface area contributed by atoms with Crippen LogP contribution in [0.1, 0.15) is 0 Å². The summed E-state index contributed by atoms with van der Waals surface area (Å²) in [6, 6.07) is 5.11. The number of halogens is 2. The number of anilines is 1. The summed E-state index contributed by atoms with van der Waals surface area (Å²) < 4.78 is 35.0. The fraction of sp³-hybridized carbons (Fsp3) is 0.462. The molecule has 0 bridgehead atoms. The standard InChI is InChI=1S/C13H14F2N2O3/c14-13(15)8-4-17(5-8)6-12(18)16-9-1-2-10-11(3-9)20-7-19-10/h1-3,8,13H,4-7H2,(H,16,18). The number of carbonyl (C=O) groups is 1. The van der Waals surface area contributed by atoms with E-state index in [1.54, 1.807) is 23.1 Å². The average molecular weight is 284 g/mol. The number of nitrogens with one attached hydrogen (secondary N) is 1. The number of benzene rings is 1. The van der Waals surface area contributed by atoms with E-state index in [1.807, 2.05) is 0 Å². The van der Waals surface area contributed by atoms with Crippen molar-refractivity contribution in [3.63, 3.8) is 0 Å². The Morgan fingerprint density at radius 1 is 1.35 bits per heavy atom. The van der Waals surface area contributed by atoms with Crippen molar-refractivity contribution in [3.8, 4) is 11.5 Å². The molecule has 0 aromatic heterocycles. The molecular weight excluding hydrogens is 270 g/mol. The quantitative estimate of drug-likeness (QED) is 0.911. The molecule has 0 saturated carbocycles. The monoisotopic (exact) mass is 284 g/mol. The molecule has 0 unspecified atom stereocenters. The van der Waals surface area contributed by atoms with E-state index < -0.39 is 12.3 Å². The SMILES string of the molecule is O=C(CN1CC(C(F)F)C1)Nc1ccc2c(c1)OCO2. The maximum absolute atomic E-state index is 12.3. The van der Waals surface area contributed by atoms with E-state index in [-0.39, 0.29) is 32.3 Å². The van der Waals surface area contributed by atoms with Crippen molar-refractivity contribution in [3.05, 3.63) is 18.2 Å². The van der Waals surface area contributed by atoms with Crippen LogP contribution in [0, 0.1) is 5.92 Å². The number of rotatable bonds is 4. The lowest BCUT2D eigenvalue weighted by molar-refractivity contribution is -0.120. The number of likely N-dealkylation sites (tertiary alicyclic amines) is 1. The van der Waals surface area contributed by atoms with E-state index in [0.717, 1.165) is 0 Å². The van der Waals surface area contributed by atoms with Crippen LogP contribution in [0.3, 0.4) is 0 Å². The molecule has 1 N–H and O–H groups in total. The van der Waals surface area contributed by atoms with Crippen molar-refractivity contribution < 1.29 is 23.0 Å². The van der Waals surface area contributed by atoms with Gasteiger partial charge < -0.3 is 14.8 Å². The first-order chi connectivity index (χ1) is 9.61. The second kappa shape index (κ2) is 5.24. The molecule has 1 fully saturated rings. The normalized spacial score (nSPS) is 18.1. The molecule has 2 heterocycles. The fourth-order valence-electron chi connectivity index (χ4n) is 2.28. The lowest BCUT2D eigenvalue weighted by atomic mass is 10.0. The predicted octanol–water partition coefficient (Wildman–Crippen LogP) is 1.55. The lowest BCUT2D eigenvalue weighted by Crippen LogP contribution is -2.52. The van der Waals surface area contributed by atoms with E-state index in [1.165, 1.54) is 0 Å². The Labute approximate surface area is 114 Å². The van der Waals surface area contributed by atoms with Crippen LogP contribution >= 0.6 is 0 Å². The van der Waals surface area contributed by atoms with Gasteiger partial charge in [-0.2, -0.15) is 0 Å². The molecule has 108 valence electrons. The van der Waals surface area contributed by atoms with Gasteiger partial charge in [0.1, 0.15) is 0 Å². The lowest BCUT2D eigenvalue weighted by Gasteiger charge is -2.37. The Morgan fingerprint density at radius 3 is 2.85 bits per heavy atom. The smallest absolute Gasteiger partial charge is 0.243 e. The zero-order valence-corrected chi connectivity index (χ0v) is 10.6. The minimum atomic E-state index is -2.30. The average Bonchev–Trinajstić information content (AvgIpc) is 2.80. The van der Waals surface area contributed by atoms with Gasteiger partial charge in [-0.05, 0) is 12.1 Å². The Morgan fingerprint density at radius 2 is 2.10 bits per heavy atom. The van der Waals surface area contributed by atoms with Crippen molar-refractivity contribution in [2.75, 3.05) is 31.7 Å². The molecular formula is C13H14F2N2O3. The van der Waals surface area contributed by atoms with E-state index in [9.17, 15) is 13.6 Å². The molecule has 0 radical (unpaired) electrons. The number of amides is 1. The third-order valence-corrected chi connectivity index (χ3v) is 3.37. The number of alkyl halides is 2. The second-order valence-electron chi connectivity index (χ2n) is 4.90. The van der Waals surface area contributed by atoms with Gasteiger partial charge in [0.2, 0.25) is 19.1 Å². The zero-order chi connectivity index (χ0) is 14.1. The Balaban J connectivity index is 1.50. The minimum absolute atomic E-state index is 0.123. The first kappa shape index (κ1) is 13.1. The van der Waals surface area contributed by atoms with Crippen molar-refractivity contribution in [1.29, 1.82) is 0 Å². The van der Waals surface area contributed by atoms with Gasteiger partial charge in [0.05, 0.1) is 6.54 Å². The van der Waals surface area contributed by atoms with E-state index in [0.29, 0.717) is 17.2 Å². The maximum Gasteiger partial charge on any atom is 0.243 e. The van der Waals surface area contributed by atoms with Crippen LogP contribution in [0.15, 0.2) is 18.2 Å². The summed E-state index contributed by atoms with van der Waals surface area (Å²) in [6.07, 6.45) is -2.30. The summed E-state index contributed by atoms with van der Waals surface area (Å²) in [5, 5.41) is 2.71. The van der Waals surface area contributed by atoms with Gasteiger partial charge in [-0.1, -0.05) is 0 Å². The summed E-state index contributed by atoms with van der Waals surface area (Å²) in [5.41, 5.74) is 0.602. The van der Waals surface area contributed by atoms with Gasteiger partial charge in [0.15, 0.2) is 11.5 Å². The van der Waals surface area contributed by atoms with Crippen LogP contribution in [0.2, 0.25) is 0 Å². The molecule has 1 saturated heterocycles. The highest BCUT2D eigenvalue weighted by Gasteiger charge is 2.34. The van der Waals surface area contributed by atoms with Crippen LogP contribution in [0.25, 0.3) is 0 Å². The molecule has 20 heavy (non-hydrogen) atoms. The highest BCUT2D eigenvalue weighted by atomic mass is 19.3. The number of carbonyl (C=O) groups excluding carboxylic acids is 1. The number of hydrogen-bond acceptors (Lipinski definition) is 4. The van der Waals surface area contributed by atoms with Crippen molar-refractivity contribution in [2.24, 2.45) is 5.92 Å². The summed E-state index contributed by atoms with van der Waals surface area (Å²) in [4.78, 5) is 13.5. The van der Waals surface area contributed by atoms with E-state index >= 15 is 0 Å². The van der Waals surface area contributed by atoms with E-state index in [4.69, 9.17) is 9.47 Å². The molecule has 0 atom stereocenters. The molecule has 2 aliphatic heterocycles. The fourth-order valence-corrected chi connectivity index (χ4v) is 2.28. The van der Waals surface area contributed by atoms with Gasteiger partial charge in [0, 0.05) is 30.8 Å². The first-order valence-electron chi connectivity index (χ1n) is 6.32. The third-order valence-electron chi connectivity index (χ3n) is 3.37. The Kier molecular flexibility index (Phi) is 3.43. The van der Waals surface area contributed by atoms with Crippen LogP contribution in [0.5, 0.6) is 11.5 Å². The second-order valence-corrected chi connectivity index (χ2v) is 4.90. The Bertz CT molecular complexity index is 518. The molecule has 5 nitrogen and oxygen atoms in total. The van der Waals surface area contributed by atoms with Crippen LogP contribution in [0.4, 0.5) is 14.5 Å². The molecule has 1 amide bonds. The Hall–Kier alpha value is -1.89. The molecule has 0 spiro atoms. The summed E-state index contributed by atoms with van der Waals surface area (Å²) in [5.74, 6) is 0.403. The third kappa shape index (κ3) is 2.67.